The summed E-state index contributed by atoms with van der Waals surface area (Å²) >= 11 is 0. The van der Waals surface area contributed by atoms with Crippen LogP contribution in [-0.4, -0.2) is 21.6 Å². The molecule has 0 aliphatic heterocycles. The minimum atomic E-state index is -0.543. The van der Waals surface area contributed by atoms with Crippen molar-refractivity contribution in [3.8, 4) is 17.2 Å². The molecule has 0 saturated carbocycles. The van der Waals surface area contributed by atoms with Gasteiger partial charge in [0, 0.05) is 6.42 Å². The summed E-state index contributed by atoms with van der Waals surface area (Å²) in [7, 11) is 0. The third-order valence-corrected chi connectivity index (χ3v) is 1.65. The zero-order valence-electron chi connectivity index (χ0n) is 6.82. The largest absolute Gasteiger partial charge is 0.504 e. The lowest BCUT2D eigenvalue weighted by molar-refractivity contribution is 0.367. The minimum Gasteiger partial charge on any atom is -0.504 e. The van der Waals surface area contributed by atoms with Gasteiger partial charge in [-0.1, -0.05) is 0 Å². The number of carbonyl (C=O) groups excluding carboxylic acids is 1. The Kier molecular flexibility index (Phi) is 2.74. The molecule has 0 aromatic heterocycles. The van der Waals surface area contributed by atoms with Crippen LogP contribution in [0.2, 0.25) is 0 Å². The highest BCUT2D eigenvalue weighted by Gasteiger charge is 2.07. The number of aromatic hydroxyl groups is 3. The van der Waals surface area contributed by atoms with Gasteiger partial charge in [-0.2, -0.15) is 0 Å². The van der Waals surface area contributed by atoms with Crippen LogP contribution in [0.1, 0.15) is 12.0 Å². The minimum absolute atomic E-state index is 0.198. The Bertz CT molecular complexity index is 296. The van der Waals surface area contributed by atoms with Gasteiger partial charge in [0.05, 0.1) is 0 Å². The Balaban J connectivity index is 2.92. The van der Waals surface area contributed by atoms with E-state index in [4.69, 9.17) is 15.3 Å². The van der Waals surface area contributed by atoms with Crippen molar-refractivity contribution >= 4 is 6.29 Å². The first kappa shape index (κ1) is 9.38. The molecule has 1 rings (SSSR count). The topological polar surface area (TPSA) is 77.8 Å². The van der Waals surface area contributed by atoms with E-state index in [1.807, 2.05) is 0 Å². The summed E-state index contributed by atoms with van der Waals surface area (Å²) in [6.45, 7) is 0. The first-order chi connectivity index (χ1) is 6.15. The molecule has 0 unspecified atom stereocenters. The maximum absolute atomic E-state index is 9.92. The van der Waals surface area contributed by atoms with Crippen LogP contribution in [0, 0.1) is 0 Å². The fourth-order valence-corrected chi connectivity index (χ4v) is 1.00. The number of hydrogen-bond acceptors (Lipinski definition) is 4. The Morgan fingerprint density at radius 3 is 2.15 bits per heavy atom. The van der Waals surface area contributed by atoms with Crippen molar-refractivity contribution in [1.82, 2.24) is 0 Å². The van der Waals surface area contributed by atoms with Crippen LogP contribution in [0.25, 0.3) is 0 Å². The van der Waals surface area contributed by atoms with Gasteiger partial charge in [0.1, 0.15) is 0 Å². The standard InChI is InChI=1S/C9H9O4/c10-3-1-2-6-4-7(11)9(13)8(12)5-6/h4-5,11-13H,1-2H2. The molecule has 69 valence electrons. The number of aryl methyl sites for hydroxylation is 1. The second-order valence-corrected chi connectivity index (χ2v) is 2.63. The van der Waals surface area contributed by atoms with Gasteiger partial charge < -0.3 is 15.3 Å². The molecule has 1 aromatic carbocycles. The van der Waals surface area contributed by atoms with Crippen LogP contribution in [0.5, 0.6) is 17.2 Å². The maximum atomic E-state index is 9.92. The molecule has 0 aliphatic rings. The zero-order chi connectivity index (χ0) is 9.84. The molecule has 0 fully saturated rings. The highest BCUT2D eigenvalue weighted by molar-refractivity contribution is 5.54. The normalized spacial score (nSPS) is 9.85. The van der Waals surface area contributed by atoms with Gasteiger partial charge in [-0.15, -0.1) is 0 Å². The Hall–Kier alpha value is -1.71. The molecule has 0 heterocycles. The predicted octanol–water partition coefficient (Wildman–Crippen LogP) is 0.846. The average Bonchev–Trinajstić information content (AvgIpc) is 2.10. The van der Waals surface area contributed by atoms with E-state index < -0.39 is 5.75 Å². The Morgan fingerprint density at radius 2 is 1.69 bits per heavy atom. The molecule has 0 bridgehead atoms. The van der Waals surface area contributed by atoms with Crippen LogP contribution in [0.3, 0.4) is 0 Å². The van der Waals surface area contributed by atoms with E-state index >= 15 is 0 Å². The maximum Gasteiger partial charge on any atom is 0.200 e. The van der Waals surface area contributed by atoms with Crippen LogP contribution >= 0.6 is 0 Å². The quantitative estimate of drug-likeness (QED) is 0.604. The van der Waals surface area contributed by atoms with Gasteiger partial charge >= 0.3 is 0 Å². The van der Waals surface area contributed by atoms with Gasteiger partial charge in [0.25, 0.3) is 0 Å². The third-order valence-electron chi connectivity index (χ3n) is 1.65. The highest BCUT2D eigenvalue weighted by atomic mass is 16.3. The van der Waals surface area contributed by atoms with E-state index in [0.29, 0.717) is 12.0 Å². The number of phenolic OH excluding ortho intramolecular Hbond substituents is 3. The Morgan fingerprint density at radius 1 is 1.15 bits per heavy atom. The first-order valence-corrected chi connectivity index (χ1v) is 3.74. The van der Waals surface area contributed by atoms with Gasteiger partial charge in [0.2, 0.25) is 0 Å². The van der Waals surface area contributed by atoms with E-state index in [9.17, 15) is 4.79 Å². The van der Waals surface area contributed by atoms with E-state index in [0.717, 1.165) is 0 Å². The van der Waals surface area contributed by atoms with Crippen LogP contribution < -0.4 is 0 Å². The Labute approximate surface area is 75.1 Å². The molecule has 1 aromatic rings. The molecule has 0 atom stereocenters. The molecule has 4 heteroatoms. The van der Waals surface area contributed by atoms with Crippen molar-refractivity contribution < 1.29 is 20.1 Å². The summed E-state index contributed by atoms with van der Waals surface area (Å²) in [5, 5.41) is 27.1. The number of rotatable bonds is 3. The molecule has 1 radical (unpaired) electrons. The van der Waals surface area contributed by atoms with Crippen LogP contribution in [0.15, 0.2) is 12.1 Å². The summed E-state index contributed by atoms with van der Waals surface area (Å²) in [4.78, 5) is 9.92. The zero-order valence-corrected chi connectivity index (χ0v) is 6.82. The first-order valence-electron chi connectivity index (χ1n) is 3.74. The van der Waals surface area contributed by atoms with Crippen molar-refractivity contribution in [2.45, 2.75) is 12.8 Å². The van der Waals surface area contributed by atoms with Gasteiger partial charge in [-0.05, 0) is 24.1 Å². The van der Waals surface area contributed by atoms with E-state index in [2.05, 4.69) is 0 Å². The number of hydrogen-bond donors (Lipinski definition) is 3. The van der Waals surface area contributed by atoms with Crippen LogP contribution in [-0.2, 0) is 11.2 Å². The molecule has 3 N–H and O–H groups in total. The van der Waals surface area contributed by atoms with Gasteiger partial charge in [-0.25, -0.2) is 0 Å². The second kappa shape index (κ2) is 3.80. The van der Waals surface area contributed by atoms with Crippen molar-refractivity contribution in [2.24, 2.45) is 0 Å². The number of phenols is 3. The van der Waals surface area contributed by atoms with Crippen molar-refractivity contribution in [3.05, 3.63) is 17.7 Å². The van der Waals surface area contributed by atoms with E-state index in [-0.39, 0.29) is 17.9 Å². The average molecular weight is 181 g/mol. The van der Waals surface area contributed by atoms with E-state index in [1.165, 1.54) is 12.1 Å². The number of benzene rings is 1. The molecular weight excluding hydrogens is 172 g/mol. The lowest BCUT2D eigenvalue weighted by atomic mass is 10.1. The van der Waals surface area contributed by atoms with Crippen molar-refractivity contribution in [3.63, 3.8) is 0 Å². The monoisotopic (exact) mass is 181 g/mol. The SMILES string of the molecule is O=[C]CCc1cc(O)c(O)c(O)c1. The van der Waals surface area contributed by atoms with Gasteiger partial charge in [0.15, 0.2) is 23.5 Å². The molecular formula is C9H9O4. The molecule has 0 spiro atoms. The second-order valence-electron chi connectivity index (χ2n) is 2.63. The summed E-state index contributed by atoms with van der Waals surface area (Å²) in [6, 6.07) is 2.60. The predicted molar refractivity (Wildman–Crippen MR) is 45.5 cm³/mol. The van der Waals surface area contributed by atoms with E-state index in [1.54, 1.807) is 6.29 Å². The summed E-state index contributed by atoms with van der Waals surface area (Å²) in [5.41, 5.74) is 0.580. The fourth-order valence-electron chi connectivity index (χ4n) is 1.00. The molecule has 4 nitrogen and oxygen atoms in total. The molecule has 0 amide bonds. The summed E-state index contributed by atoms with van der Waals surface area (Å²) < 4.78 is 0. The molecule has 13 heavy (non-hydrogen) atoms. The third kappa shape index (κ3) is 2.11. The fraction of sp³-hybridized carbons (Fsp3) is 0.222. The van der Waals surface area contributed by atoms with Crippen molar-refractivity contribution in [1.29, 1.82) is 0 Å². The smallest absolute Gasteiger partial charge is 0.200 e. The lowest BCUT2D eigenvalue weighted by Gasteiger charge is -2.03. The summed E-state index contributed by atoms with van der Waals surface area (Å²) in [6.07, 6.45) is 2.27. The van der Waals surface area contributed by atoms with Crippen LogP contribution in [0.4, 0.5) is 0 Å². The van der Waals surface area contributed by atoms with Crippen molar-refractivity contribution in [2.75, 3.05) is 0 Å². The lowest BCUT2D eigenvalue weighted by Crippen LogP contribution is -1.86. The molecule has 0 aliphatic carbocycles. The van der Waals surface area contributed by atoms with Gasteiger partial charge in [-0.3, -0.25) is 4.79 Å². The molecule has 0 saturated heterocycles. The highest BCUT2D eigenvalue weighted by Crippen LogP contribution is 2.35. The summed E-state index contributed by atoms with van der Waals surface area (Å²) in [5.74, 6) is -1.32.